The summed E-state index contributed by atoms with van der Waals surface area (Å²) in [5.41, 5.74) is 5.72. The Hall–Kier alpha value is -2.06. The molecule has 0 aliphatic heterocycles. The molecule has 0 unspecified atom stereocenters. The molecule has 0 fully saturated rings. The minimum Gasteiger partial charge on any atom is -0.396 e. The lowest BCUT2D eigenvalue weighted by Gasteiger charge is -2.09. The van der Waals surface area contributed by atoms with Gasteiger partial charge in [-0.1, -0.05) is 0 Å². The van der Waals surface area contributed by atoms with E-state index in [1.54, 1.807) is 24.5 Å². The molecule has 0 atom stereocenters. The Morgan fingerprint density at radius 1 is 1.14 bits per heavy atom. The van der Waals surface area contributed by atoms with Crippen molar-refractivity contribution in [1.29, 1.82) is 0 Å². The summed E-state index contributed by atoms with van der Waals surface area (Å²) in [6, 6.07) is 4.70. The van der Waals surface area contributed by atoms with Gasteiger partial charge in [0.25, 0.3) is 0 Å². The Morgan fingerprint density at radius 2 is 1.81 bits per heavy atom. The fourth-order valence-corrected chi connectivity index (χ4v) is 2.83. The molecule has 3 N–H and O–H groups in total. The van der Waals surface area contributed by atoms with Crippen molar-refractivity contribution >= 4 is 15.7 Å². The molecule has 0 radical (unpaired) electrons. The van der Waals surface area contributed by atoms with Gasteiger partial charge in [0, 0.05) is 25.0 Å². The van der Waals surface area contributed by atoms with E-state index < -0.39 is 32.2 Å². The highest BCUT2D eigenvalue weighted by atomic mass is 32.2. The Bertz CT molecular complexity index is 737. The van der Waals surface area contributed by atoms with Gasteiger partial charge in [-0.3, -0.25) is 4.98 Å². The average Bonchev–Trinajstić information content (AvgIpc) is 2.43. The summed E-state index contributed by atoms with van der Waals surface area (Å²) in [5, 5.41) is 0. The normalized spacial score (nSPS) is 11.5. The van der Waals surface area contributed by atoms with Crippen molar-refractivity contribution in [3.05, 3.63) is 53.9 Å². The maximum Gasteiger partial charge on any atom is 0.243 e. The second-order valence-electron chi connectivity index (χ2n) is 4.31. The zero-order chi connectivity index (χ0) is 15.5. The molecular weight excluding hydrogens is 300 g/mol. The highest BCUT2D eigenvalue weighted by Gasteiger charge is 2.20. The maximum absolute atomic E-state index is 13.6. The number of nitrogen functional groups attached to an aromatic ring is 1. The van der Waals surface area contributed by atoms with Crippen molar-refractivity contribution in [2.75, 3.05) is 12.3 Å². The number of nitrogens with two attached hydrogens (primary N) is 1. The SMILES string of the molecule is Nc1cc(S(=O)(=O)NCCc2ccncc2)c(F)cc1F. The van der Waals surface area contributed by atoms with Gasteiger partial charge in [-0.25, -0.2) is 21.9 Å². The molecule has 0 bridgehead atoms. The molecule has 0 amide bonds. The number of halogens is 2. The first-order valence-corrected chi connectivity index (χ1v) is 7.51. The zero-order valence-electron chi connectivity index (χ0n) is 10.9. The van der Waals surface area contributed by atoms with Crippen molar-refractivity contribution < 1.29 is 17.2 Å². The lowest BCUT2D eigenvalue weighted by Crippen LogP contribution is -2.27. The number of nitrogens with zero attached hydrogens (tertiary/aromatic N) is 1. The second kappa shape index (κ2) is 6.15. The van der Waals surface area contributed by atoms with Gasteiger partial charge in [0.15, 0.2) is 0 Å². The van der Waals surface area contributed by atoms with E-state index in [9.17, 15) is 17.2 Å². The molecule has 0 saturated heterocycles. The Morgan fingerprint density at radius 3 is 2.48 bits per heavy atom. The van der Waals surface area contributed by atoms with Crippen LogP contribution in [-0.2, 0) is 16.4 Å². The van der Waals surface area contributed by atoms with E-state index >= 15 is 0 Å². The monoisotopic (exact) mass is 313 g/mol. The highest BCUT2D eigenvalue weighted by molar-refractivity contribution is 7.89. The van der Waals surface area contributed by atoms with E-state index in [1.807, 2.05) is 0 Å². The summed E-state index contributed by atoms with van der Waals surface area (Å²) in [6.07, 6.45) is 3.59. The summed E-state index contributed by atoms with van der Waals surface area (Å²) in [4.78, 5) is 3.17. The van der Waals surface area contributed by atoms with Crippen molar-refractivity contribution in [2.45, 2.75) is 11.3 Å². The van der Waals surface area contributed by atoms with Crippen molar-refractivity contribution in [1.82, 2.24) is 9.71 Å². The number of aromatic nitrogens is 1. The van der Waals surface area contributed by atoms with E-state index in [4.69, 9.17) is 5.73 Å². The molecule has 21 heavy (non-hydrogen) atoms. The fourth-order valence-electron chi connectivity index (χ4n) is 1.71. The fraction of sp³-hybridized carbons (Fsp3) is 0.154. The molecule has 0 aliphatic rings. The summed E-state index contributed by atoms with van der Waals surface area (Å²) in [7, 11) is -4.09. The first-order valence-electron chi connectivity index (χ1n) is 6.03. The minimum atomic E-state index is -4.09. The minimum absolute atomic E-state index is 0.0725. The topological polar surface area (TPSA) is 85.1 Å². The van der Waals surface area contributed by atoms with Crippen LogP contribution in [0.3, 0.4) is 0 Å². The van der Waals surface area contributed by atoms with E-state index in [0.29, 0.717) is 12.5 Å². The first kappa shape index (κ1) is 15.3. The lowest BCUT2D eigenvalue weighted by atomic mass is 10.2. The molecule has 1 heterocycles. The number of hydrogen-bond donors (Lipinski definition) is 2. The number of pyridine rings is 1. The quantitative estimate of drug-likeness (QED) is 0.819. The molecule has 2 aromatic rings. The Balaban J connectivity index is 2.10. The number of rotatable bonds is 5. The molecule has 0 saturated carbocycles. The summed E-state index contributed by atoms with van der Waals surface area (Å²) < 4.78 is 52.8. The van der Waals surface area contributed by atoms with Crippen LogP contribution in [0.4, 0.5) is 14.5 Å². The van der Waals surface area contributed by atoms with Crippen LogP contribution >= 0.6 is 0 Å². The maximum atomic E-state index is 13.6. The van der Waals surface area contributed by atoms with Gasteiger partial charge in [-0.15, -0.1) is 0 Å². The van der Waals surface area contributed by atoms with Crippen molar-refractivity contribution in [3.63, 3.8) is 0 Å². The van der Waals surface area contributed by atoms with Crippen LogP contribution in [0.25, 0.3) is 0 Å². The van der Waals surface area contributed by atoms with Gasteiger partial charge >= 0.3 is 0 Å². The summed E-state index contributed by atoms with van der Waals surface area (Å²) >= 11 is 0. The molecule has 2 rings (SSSR count). The van der Waals surface area contributed by atoms with E-state index in [0.717, 1.165) is 11.6 Å². The van der Waals surface area contributed by atoms with Crippen LogP contribution in [0, 0.1) is 11.6 Å². The molecular formula is C13H13F2N3O2S. The molecule has 0 aliphatic carbocycles. The van der Waals surface area contributed by atoms with Gasteiger partial charge in [0.05, 0.1) is 5.69 Å². The second-order valence-corrected chi connectivity index (χ2v) is 6.04. The van der Waals surface area contributed by atoms with Gasteiger partial charge in [-0.2, -0.15) is 0 Å². The smallest absolute Gasteiger partial charge is 0.243 e. The first-order chi connectivity index (χ1) is 9.90. The Labute approximate surface area is 120 Å². The van der Waals surface area contributed by atoms with Crippen LogP contribution in [-0.4, -0.2) is 19.9 Å². The van der Waals surface area contributed by atoms with Crippen molar-refractivity contribution in [2.24, 2.45) is 0 Å². The van der Waals surface area contributed by atoms with E-state index in [1.165, 1.54) is 0 Å². The molecule has 112 valence electrons. The van der Waals surface area contributed by atoms with E-state index in [-0.39, 0.29) is 6.54 Å². The average molecular weight is 313 g/mol. The van der Waals surface area contributed by atoms with Crippen LogP contribution in [0.15, 0.2) is 41.6 Å². The summed E-state index contributed by atoms with van der Waals surface area (Å²) in [6.45, 7) is 0.0725. The van der Waals surface area contributed by atoms with Crippen molar-refractivity contribution in [3.8, 4) is 0 Å². The third-order valence-electron chi connectivity index (χ3n) is 2.80. The molecule has 5 nitrogen and oxygen atoms in total. The summed E-state index contributed by atoms with van der Waals surface area (Å²) in [5.74, 6) is -2.18. The predicted octanol–water partition coefficient (Wildman–Crippen LogP) is 1.46. The lowest BCUT2D eigenvalue weighted by molar-refractivity contribution is 0.545. The predicted molar refractivity (Wildman–Crippen MR) is 73.9 cm³/mol. The van der Waals surface area contributed by atoms with Gasteiger partial charge in [0.2, 0.25) is 10.0 Å². The van der Waals surface area contributed by atoms with Crippen LogP contribution < -0.4 is 10.5 Å². The molecule has 1 aromatic carbocycles. The van der Waals surface area contributed by atoms with Crippen LogP contribution in [0.5, 0.6) is 0 Å². The molecule has 1 aromatic heterocycles. The number of nitrogens with one attached hydrogen (secondary N) is 1. The number of anilines is 1. The Kier molecular flexibility index (Phi) is 4.49. The zero-order valence-corrected chi connectivity index (χ0v) is 11.7. The largest absolute Gasteiger partial charge is 0.396 e. The number of benzene rings is 1. The van der Waals surface area contributed by atoms with Crippen LogP contribution in [0.2, 0.25) is 0 Å². The third-order valence-corrected chi connectivity index (χ3v) is 4.27. The third kappa shape index (κ3) is 3.73. The molecule has 8 heteroatoms. The van der Waals surface area contributed by atoms with E-state index in [2.05, 4.69) is 9.71 Å². The highest BCUT2D eigenvalue weighted by Crippen LogP contribution is 2.20. The van der Waals surface area contributed by atoms with Gasteiger partial charge < -0.3 is 5.73 Å². The standard InChI is InChI=1S/C13H13F2N3O2S/c14-10-7-11(15)13(8-12(10)16)21(19,20)18-6-3-9-1-4-17-5-2-9/h1-2,4-5,7-8,18H,3,6,16H2. The van der Waals surface area contributed by atoms with Gasteiger partial charge in [-0.05, 0) is 30.2 Å². The molecule has 0 spiro atoms. The number of sulfonamides is 1. The van der Waals surface area contributed by atoms with Crippen LogP contribution in [0.1, 0.15) is 5.56 Å². The number of hydrogen-bond acceptors (Lipinski definition) is 4. The van der Waals surface area contributed by atoms with Gasteiger partial charge in [0.1, 0.15) is 16.5 Å².